The first kappa shape index (κ1) is 12.8. The van der Waals surface area contributed by atoms with Gasteiger partial charge in [-0.05, 0) is 41.2 Å². The van der Waals surface area contributed by atoms with Crippen molar-refractivity contribution in [1.82, 2.24) is 4.98 Å². The predicted molar refractivity (Wildman–Crippen MR) is 73.3 cm³/mol. The van der Waals surface area contributed by atoms with Crippen molar-refractivity contribution in [3.05, 3.63) is 65.5 Å². The van der Waals surface area contributed by atoms with Crippen molar-refractivity contribution >= 4 is 0 Å². The summed E-state index contributed by atoms with van der Waals surface area (Å²) in [7, 11) is 0. The molecule has 1 atom stereocenters. The van der Waals surface area contributed by atoms with Crippen LogP contribution in [-0.2, 0) is 6.42 Å². The minimum Gasteiger partial charge on any atom is -0.384 e. The Morgan fingerprint density at radius 1 is 1.06 bits per heavy atom. The van der Waals surface area contributed by atoms with Crippen LogP contribution in [0.3, 0.4) is 0 Å². The molecule has 0 aliphatic carbocycles. The molecule has 0 amide bonds. The third-order valence-electron chi connectivity index (χ3n) is 2.93. The number of nitrogens with zero attached hydrogens (tertiary/aromatic N) is 1. The first-order valence-electron chi connectivity index (χ1n) is 6.33. The van der Waals surface area contributed by atoms with E-state index in [0.29, 0.717) is 5.92 Å². The maximum Gasteiger partial charge on any atom is 0.104 e. The molecule has 0 bridgehead atoms. The number of hydrogen-bond acceptors (Lipinski definition) is 2. The zero-order chi connectivity index (χ0) is 13.0. The van der Waals surface area contributed by atoms with E-state index in [4.69, 9.17) is 0 Å². The number of hydrogen-bond donors (Lipinski definition) is 1. The van der Waals surface area contributed by atoms with E-state index in [2.05, 4.69) is 31.0 Å². The van der Waals surface area contributed by atoms with Crippen molar-refractivity contribution < 1.29 is 5.11 Å². The largest absolute Gasteiger partial charge is 0.384 e. The molecule has 1 heterocycles. The van der Waals surface area contributed by atoms with Crippen LogP contribution in [0, 0.1) is 5.92 Å². The van der Waals surface area contributed by atoms with E-state index in [-0.39, 0.29) is 0 Å². The fraction of sp³-hybridized carbons (Fsp3) is 0.312. The van der Waals surface area contributed by atoms with Gasteiger partial charge in [0.2, 0.25) is 0 Å². The lowest BCUT2D eigenvalue weighted by Gasteiger charge is -2.13. The van der Waals surface area contributed by atoms with Crippen LogP contribution < -0.4 is 0 Å². The van der Waals surface area contributed by atoms with Gasteiger partial charge in [-0.15, -0.1) is 0 Å². The molecule has 0 fully saturated rings. The Morgan fingerprint density at radius 3 is 2.44 bits per heavy atom. The van der Waals surface area contributed by atoms with E-state index in [0.717, 1.165) is 17.5 Å². The molecule has 1 N–H and O–H groups in total. The molecule has 94 valence electrons. The Morgan fingerprint density at radius 2 is 1.78 bits per heavy atom. The molecule has 2 heteroatoms. The van der Waals surface area contributed by atoms with Gasteiger partial charge in [0, 0.05) is 12.4 Å². The molecule has 0 aliphatic rings. The van der Waals surface area contributed by atoms with Gasteiger partial charge >= 0.3 is 0 Å². The molecule has 0 saturated heterocycles. The van der Waals surface area contributed by atoms with Gasteiger partial charge in [0.05, 0.1) is 0 Å². The fourth-order valence-corrected chi connectivity index (χ4v) is 2.10. The first-order valence-corrected chi connectivity index (χ1v) is 6.33. The SMILES string of the molecule is CC(C)Cc1cccc(C(O)c2ccncc2)c1. The fourth-order valence-electron chi connectivity index (χ4n) is 2.10. The number of pyridine rings is 1. The van der Waals surface area contributed by atoms with E-state index in [1.165, 1.54) is 5.56 Å². The lowest BCUT2D eigenvalue weighted by molar-refractivity contribution is 0.220. The Labute approximate surface area is 108 Å². The molecule has 18 heavy (non-hydrogen) atoms. The van der Waals surface area contributed by atoms with Gasteiger partial charge in [-0.3, -0.25) is 4.98 Å². The highest BCUT2D eigenvalue weighted by Gasteiger charge is 2.10. The molecule has 0 aliphatic heterocycles. The highest BCUT2D eigenvalue weighted by atomic mass is 16.3. The molecule has 1 aromatic heterocycles. The Kier molecular flexibility index (Phi) is 4.11. The van der Waals surface area contributed by atoms with Crippen LogP contribution in [0.5, 0.6) is 0 Å². The average molecular weight is 241 g/mol. The minimum absolute atomic E-state index is 0.569. The van der Waals surface area contributed by atoms with Crippen molar-refractivity contribution in [1.29, 1.82) is 0 Å². The molecular weight excluding hydrogens is 222 g/mol. The lowest BCUT2D eigenvalue weighted by atomic mass is 9.97. The van der Waals surface area contributed by atoms with Gasteiger partial charge < -0.3 is 5.11 Å². The van der Waals surface area contributed by atoms with Crippen LogP contribution >= 0.6 is 0 Å². The van der Waals surface area contributed by atoms with Crippen molar-refractivity contribution in [2.24, 2.45) is 5.92 Å². The van der Waals surface area contributed by atoms with Crippen molar-refractivity contribution in [2.45, 2.75) is 26.4 Å². The highest BCUT2D eigenvalue weighted by molar-refractivity contribution is 5.31. The monoisotopic (exact) mass is 241 g/mol. The summed E-state index contributed by atoms with van der Waals surface area (Å²) >= 11 is 0. The minimum atomic E-state index is -0.569. The summed E-state index contributed by atoms with van der Waals surface area (Å²) in [6.45, 7) is 4.40. The van der Waals surface area contributed by atoms with Gasteiger partial charge in [-0.25, -0.2) is 0 Å². The molecule has 0 radical (unpaired) electrons. The van der Waals surface area contributed by atoms with Crippen LogP contribution in [0.15, 0.2) is 48.8 Å². The topological polar surface area (TPSA) is 33.1 Å². The lowest BCUT2D eigenvalue weighted by Crippen LogP contribution is -2.01. The smallest absolute Gasteiger partial charge is 0.104 e. The zero-order valence-electron chi connectivity index (χ0n) is 10.9. The molecule has 0 saturated carbocycles. The normalized spacial score (nSPS) is 12.7. The van der Waals surface area contributed by atoms with Gasteiger partial charge in [-0.1, -0.05) is 38.1 Å². The number of benzene rings is 1. The molecular formula is C16H19NO. The highest BCUT2D eigenvalue weighted by Crippen LogP contribution is 2.22. The van der Waals surface area contributed by atoms with Crippen molar-refractivity contribution in [2.75, 3.05) is 0 Å². The second-order valence-electron chi connectivity index (χ2n) is 5.03. The summed E-state index contributed by atoms with van der Waals surface area (Å²) in [6, 6.07) is 11.9. The molecule has 1 aromatic carbocycles. The molecule has 0 spiro atoms. The van der Waals surface area contributed by atoms with E-state index >= 15 is 0 Å². The number of aliphatic hydroxyl groups excluding tert-OH is 1. The summed E-state index contributed by atoms with van der Waals surface area (Å²) in [5.74, 6) is 0.623. The van der Waals surface area contributed by atoms with Crippen LogP contribution in [-0.4, -0.2) is 10.1 Å². The molecule has 2 aromatic rings. The third-order valence-corrected chi connectivity index (χ3v) is 2.93. The maximum atomic E-state index is 10.3. The maximum absolute atomic E-state index is 10.3. The Hall–Kier alpha value is -1.67. The third kappa shape index (κ3) is 3.17. The summed E-state index contributed by atoms with van der Waals surface area (Å²) in [5.41, 5.74) is 3.10. The number of aliphatic hydroxyl groups is 1. The second kappa shape index (κ2) is 5.78. The first-order chi connectivity index (χ1) is 8.66. The van der Waals surface area contributed by atoms with Crippen LogP contribution in [0.1, 0.15) is 36.6 Å². The predicted octanol–water partition coefficient (Wildman–Crippen LogP) is 3.36. The van der Waals surface area contributed by atoms with Crippen LogP contribution in [0.4, 0.5) is 0 Å². The summed E-state index contributed by atoms with van der Waals surface area (Å²) < 4.78 is 0. The molecule has 2 rings (SSSR count). The summed E-state index contributed by atoms with van der Waals surface area (Å²) in [6.07, 6.45) is 3.88. The van der Waals surface area contributed by atoms with E-state index in [9.17, 15) is 5.11 Å². The Balaban J connectivity index is 2.23. The molecule has 2 nitrogen and oxygen atoms in total. The van der Waals surface area contributed by atoms with Crippen LogP contribution in [0.25, 0.3) is 0 Å². The Bertz CT molecular complexity index is 493. The second-order valence-corrected chi connectivity index (χ2v) is 5.03. The van der Waals surface area contributed by atoms with Crippen molar-refractivity contribution in [3.8, 4) is 0 Å². The molecule has 1 unspecified atom stereocenters. The average Bonchev–Trinajstić information content (AvgIpc) is 2.38. The van der Waals surface area contributed by atoms with E-state index in [1.54, 1.807) is 12.4 Å². The van der Waals surface area contributed by atoms with Gasteiger partial charge in [0.1, 0.15) is 6.10 Å². The van der Waals surface area contributed by atoms with Gasteiger partial charge in [-0.2, -0.15) is 0 Å². The number of aromatic nitrogens is 1. The quantitative estimate of drug-likeness (QED) is 0.890. The van der Waals surface area contributed by atoms with Gasteiger partial charge in [0.25, 0.3) is 0 Å². The van der Waals surface area contributed by atoms with Gasteiger partial charge in [0.15, 0.2) is 0 Å². The zero-order valence-corrected chi connectivity index (χ0v) is 10.9. The van der Waals surface area contributed by atoms with E-state index < -0.39 is 6.10 Å². The van der Waals surface area contributed by atoms with E-state index in [1.807, 2.05) is 24.3 Å². The van der Waals surface area contributed by atoms with Crippen LogP contribution in [0.2, 0.25) is 0 Å². The standard InChI is InChI=1S/C16H19NO/c1-12(2)10-13-4-3-5-15(11-13)16(18)14-6-8-17-9-7-14/h3-9,11-12,16,18H,10H2,1-2H3. The number of rotatable bonds is 4. The van der Waals surface area contributed by atoms with Crippen molar-refractivity contribution in [3.63, 3.8) is 0 Å². The summed E-state index contributed by atoms with van der Waals surface area (Å²) in [4.78, 5) is 3.97. The summed E-state index contributed by atoms with van der Waals surface area (Å²) in [5, 5.41) is 10.3.